The lowest BCUT2D eigenvalue weighted by atomic mass is 9.81. The van der Waals surface area contributed by atoms with Crippen LogP contribution >= 0.6 is 0 Å². The molecule has 0 spiro atoms. The van der Waals surface area contributed by atoms with Gasteiger partial charge in [0.2, 0.25) is 0 Å². The van der Waals surface area contributed by atoms with Crippen molar-refractivity contribution in [3.05, 3.63) is 0 Å². The Kier molecular flexibility index (Phi) is 6.28. The van der Waals surface area contributed by atoms with Crippen molar-refractivity contribution >= 4 is 0 Å². The fraction of sp³-hybridized carbons (Fsp3) is 1.00. The standard InChI is InChI=1S/C16H34N2O/c1-7-15(5)13-18(14(4)10-11-19-6)16(8-2,9-3)12-17-15/h14,17H,7-13H2,1-6H3. The van der Waals surface area contributed by atoms with Crippen molar-refractivity contribution < 1.29 is 4.74 Å². The molecule has 0 bridgehead atoms. The molecule has 1 saturated heterocycles. The van der Waals surface area contributed by atoms with Gasteiger partial charge in [-0.1, -0.05) is 20.8 Å². The number of nitrogens with one attached hydrogen (secondary N) is 1. The van der Waals surface area contributed by atoms with Gasteiger partial charge in [-0.3, -0.25) is 4.90 Å². The third-order valence-electron chi connectivity index (χ3n) is 5.34. The molecular formula is C16H34N2O. The quantitative estimate of drug-likeness (QED) is 0.769. The highest BCUT2D eigenvalue weighted by atomic mass is 16.5. The smallest absolute Gasteiger partial charge is 0.0477 e. The van der Waals surface area contributed by atoms with Gasteiger partial charge in [-0.15, -0.1) is 0 Å². The number of hydrogen-bond acceptors (Lipinski definition) is 3. The second kappa shape index (κ2) is 7.05. The second-order valence-corrected chi connectivity index (χ2v) is 6.46. The molecule has 1 fully saturated rings. The van der Waals surface area contributed by atoms with Crippen molar-refractivity contribution in [2.24, 2.45) is 0 Å². The van der Waals surface area contributed by atoms with E-state index < -0.39 is 0 Å². The average Bonchev–Trinajstić information content (AvgIpc) is 2.45. The van der Waals surface area contributed by atoms with Gasteiger partial charge in [0.05, 0.1) is 0 Å². The van der Waals surface area contributed by atoms with Gasteiger partial charge in [-0.2, -0.15) is 0 Å². The van der Waals surface area contributed by atoms with E-state index in [2.05, 4.69) is 44.8 Å². The van der Waals surface area contributed by atoms with Gasteiger partial charge in [0, 0.05) is 43.9 Å². The van der Waals surface area contributed by atoms with Gasteiger partial charge in [-0.25, -0.2) is 0 Å². The summed E-state index contributed by atoms with van der Waals surface area (Å²) >= 11 is 0. The number of ether oxygens (including phenoxy) is 1. The van der Waals surface area contributed by atoms with Gasteiger partial charge in [-0.05, 0) is 39.5 Å². The van der Waals surface area contributed by atoms with Crippen LogP contribution in [0.4, 0.5) is 0 Å². The molecule has 0 aromatic rings. The summed E-state index contributed by atoms with van der Waals surface area (Å²) in [4.78, 5) is 2.76. The Balaban J connectivity index is 2.87. The number of methoxy groups -OCH3 is 1. The Labute approximate surface area is 120 Å². The number of nitrogens with zero attached hydrogens (tertiary/aromatic N) is 1. The Morgan fingerprint density at radius 2 is 1.84 bits per heavy atom. The van der Waals surface area contributed by atoms with Crippen LogP contribution in [0.15, 0.2) is 0 Å². The normalized spacial score (nSPS) is 29.4. The van der Waals surface area contributed by atoms with E-state index in [1.54, 1.807) is 7.11 Å². The molecule has 0 saturated carbocycles. The van der Waals surface area contributed by atoms with Crippen LogP contribution < -0.4 is 5.32 Å². The zero-order chi connectivity index (χ0) is 14.5. The minimum Gasteiger partial charge on any atom is -0.385 e. The highest BCUT2D eigenvalue weighted by Gasteiger charge is 2.44. The molecule has 114 valence electrons. The Morgan fingerprint density at radius 3 is 2.32 bits per heavy atom. The topological polar surface area (TPSA) is 24.5 Å². The van der Waals surface area contributed by atoms with Crippen molar-refractivity contribution in [1.29, 1.82) is 0 Å². The van der Waals surface area contributed by atoms with E-state index in [9.17, 15) is 0 Å². The summed E-state index contributed by atoms with van der Waals surface area (Å²) in [6, 6.07) is 0.591. The fourth-order valence-corrected chi connectivity index (χ4v) is 3.29. The lowest BCUT2D eigenvalue weighted by Crippen LogP contribution is -2.70. The van der Waals surface area contributed by atoms with Crippen LogP contribution in [0, 0.1) is 0 Å². The summed E-state index contributed by atoms with van der Waals surface area (Å²) in [6.07, 6.45) is 4.74. The molecule has 1 aliphatic heterocycles. The molecule has 1 rings (SSSR count). The Morgan fingerprint density at radius 1 is 1.21 bits per heavy atom. The number of rotatable bonds is 7. The van der Waals surface area contributed by atoms with Crippen LogP contribution in [0.25, 0.3) is 0 Å². The van der Waals surface area contributed by atoms with E-state index in [0.717, 1.165) is 26.1 Å². The molecular weight excluding hydrogens is 236 g/mol. The first-order valence-electron chi connectivity index (χ1n) is 7.97. The van der Waals surface area contributed by atoms with Crippen molar-refractivity contribution in [1.82, 2.24) is 10.2 Å². The van der Waals surface area contributed by atoms with E-state index in [0.29, 0.717) is 11.6 Å². The van der Waals surface area contributed by atoms with Crippen molar-refractivity contribution in [2.75, 3.05) is 26.8 Å². The third kappa shape index (κ3) is 3.71. The first-order valence-corrected chi connectivity index (χ1v) is 7.97. The van der Waals surface area contributed by atoms with Gasteiger partial charge < -0.3 is 10.1 Å². The van der Waals surface area contributed by atoms with Crippen LogP contribution in [0.3, 0.4) is 0 Å². The molecule has 2 unspecified atom stereocenters. The largest absolute Gasteiger partial charge is 0.385 e. The first-order chi connectivity index (χ1) is 8.97. The summed E-state index contributed by atoms with van der Waals surface area (Å²) in [6.45, 7) is 14.8. The zero-order valence-electron chi connectivity index (χ0n) is 13.9. The molecule has 0 radical (unpaired) electrons. The van der Waals surface area contributed by atoms with Crippen molar-refractivity contribution in [3.8, 4) is 0 Å². The third-order valence-corrected chi connectivity index (χ3v) is 5.34. The molecule has 2 atom stereocenters. The predicted molar refractivity (Wildman–Crippen MR) is 82.7 cm³/mol. The molecule has 19 heavy (non-hydrogen) atoms. The van der Waals surface area contributed by atoms with Gasteiger partial charge in [0.15, 0.2) is 0 Å². The molecule has 1 heterocycles. The summed E-state index contributed by atoms with van der Waals surface area (Å²) in [5, 5.41) is 3.81. The summed E-state index contributed by atoms with van der Waals surface area (Å²) in [7, 11) is 1.80. The van der Waals surface area contributed by atoms with Crippen LogP contribution in [0.2, 0.25) is 0 Å². The van der Waals surface area contributed by atoms with E-state index in [-0.39, 0.29) is 5.54 Å². The number of piperazine rings is 1. The lowest BCUT2D eigenvalue weighted by Gasteiger charge is -2.55. The monoisotopic (exact) mass is 270 g/mol. The Bertz CT molecular complexity index is 265. The molecule has 3 heteroatoms. The van der Waals surface area contributed by atoms with E-state index >= 15 is 0 Å². The predicted octanol–water partition coefficient (Wildman–Crippen LogP) is 3.04. The zero-order valence-corrected chi connectivity index (χ0v) is 13.9. The van der Waals surface area contributed by atoms with E-state index in [1.807, 2.05) is 0 Å². The van der Waals surface area contributed by atoms with Crippen LogP contribution in [0.1, 0.15) is 60.3 Å². The minimum absolute atomic E-state index is 0.259. The van der Waals surface area contributed by atoms with Crippen LogP contribution in [-0.2, 0) is 4.74 Å². The highest BCUT2D eigenvalue weighted by molar-refractivity contribution is 5.03. The summed E-state index contributed by atoms with van der Waals surface area (Å²) < 4.78 is 5.27. The second-order valence-electron chi connectivity index (χ2n) is 6.46. The van der Waals surface area contributed by atoms with Gasteiger partial charge in [0.25, 0.3) is 0 Å². The maximum Gasteiger partial charge on any atom is 0.0477 e. The molecule has 0 aliphatic carbocycles. The van der Waals surface area contributed by atoms with Gasteiger partial charge >= 0.3 is 0 Å². The minimum atomic E-state index is 0.259. The average molecular weight is 270 g/mol. The molecule has 0 amide bonds. The van der Waals surface area contributed by atoms with Crippen LogP contribution in [0.5, 0.6) is 0 Å². The lowest BCUT2D eigenvalue weighted by molar-refractivity contribution is -0.0317. The highest BCUT2D eigenvalue weighted by Crippen LogP contribution is 2.33. The van der Waals surface area contributed by atoms with Crippen LogP contribution in [-0.4, -0.2) is 48.8 Å². The first kappa shape index (κ1) is 16.9. The molecule has 1 N–H and O–H groups in total. The summed E-state index contributed by atoms with van der Waals surface area (Å²) in [5.41, 5.74) is 0.580. The molecule has 3 nitrogen and oxygen atoms in total. The van der Waals surface area contributed by atoms with Crippen molar-refractivity contribution in [2.45, 2.75) is 77.4 Å². The Hall–Kier alpha value is -0.120. The number of hydrogen-bond donors (Lipinski definition) is 1. The van der Waals surface area contributed by atoms with Crippen molar-refractivity contribution in [3.63, 3.8) is 0 Å². The molecule has 0 aromatic carbocycles. The van der Waals surface area contributed by atoms with E-state index in [4.69, 9.17) is 4.74 Å². The molecule has 0 aromatic heterocycles. The maximum atomic E-state index is 5.27. The maximum absolute atomic E-state index is 5.27. The summed E-state index contributed by atoms with van der Waals surface area (Å²) in [5.74, 6) is 0. The van der Waals surface area contributed by atoms with Gasteiger partial charge in [0.1, 0.15) is 0 Å². The SMILES string of the molecule is CCC1(C)CN(C(C)CCOC)C(CC)(CC)CN1. The molecule has 1 aliphatic rings. The van der Waals surface area contributed by atoms with E-state index in [1.165, 1.54) is 19.3 Å². The fourth-order valence-electron chi connectivity index (χ4n) is 3.29.